The molecule has 1 heterocycles. The Bertz CT molecular complexity index is 3050. The van der Waals surface area contributed by atoms with Gasteiger partial charge >= 0.3 is 0 Å². The van der Waals surface area contributed by atoms with Gasteiger partial charge in [-0.15, -0.1) is 0 Å². The van der Waals surface area contributed by atoms with Crippen molar-refractivity contribution in [3.63, 3.8) is 0 Å². The van der Waals surface area contributed by atoms with Gasteiger partial charge in [-0.1, -0.05) is 212 Å². The van der Waals surface area contributed by atoms with Crippen LogP contribution in [0.25, 0.3) is 49.7 Å². The van der Waals surface area contributed by atoms with Gasteiger partial charge in [-0.05, 0) is 69.1 Å². The molecule has 0 fully saturated rings. The lowest BCUT2D eigenvalue weighted by Gasteiger charge is -2.34. The minimum absolute atomic E-state index is 0.0764. The first-order valence-electron chi connectivity index (χ1n) is 20.8. The van der Waals surface area contributed by atoms with Crippen LogP contribution in [0.4, 0.5) is 28.4 Å². The van der Waals surface area contributed by atoms with Gasteiger partial charge in [0.2, 0.25) is 0 Å². The zero-order chi connectivity index (χ0) is 39.8. The monoisotopic (exact) mass is 766 g/mol. The van der Waals surface area contributed by atoms with Gasteiger partial charge in [0.15, 0.2) is 0 Å². The third-order valence-corrected chi connectivity index (χ3v) is 12.2. The molecule has 0 amide bonds. The number of fused-ring (bicyclic) bond motifs is 4. The van der Waals surface area contributed by atoms with Crippen LogP contribution in [-0.2, 0) is 0 Å². The summed E-state index contributed by atoms with van der Waals surface area (Å²) in [5.41, 5.74) is 16.7. The van der Waals surface area contributed by atoms with E-state index in [2.05, 4.69) is 252 Å². The SMILES string of the molecule is C1=CC2c3ccc(-c4ccccc4)cc3N(c3ccccc3-c3ccccc3N(c3ccccc3-c3ccccc3)c3cccc4ccccc34)C2C=C1c1ccccc1. The molecule has 2 nitrogen and oxygen atoms in total. The second-order valence-corrected chi connectivity index (χ2v) is 15.6. The van der Waals surface area contributed by atoms with E-state index in [-0.39, 0.29) is 12.0 Å². The summed E-state index contributed by atoms with van der Waals surface area (Å²) in [7, 11) is 0. The van der Waals surface area contributed by atoms with Crippen molar-refractivity contribution in [3.8, 4) is 33.4 Å². The van der Waals surface area contributed by atoms with Crippen LogP contribution in [0.5, 0.6) is 0 Å². The highest BCUT2D eigenvalue weighted by molar-refractivity contribution is 6.04. The number of nitrogens with zero attached hydrogens (tertiary/aromatic N) is 2. The normalized spacial score (nSPS) is 15.3. The van der Waals surface area contributed by atoms with Crippen molar-refractivity contribution < 1.29 is 0 Å². The highest BCUT2D eigenvalue weighted by Gasteiger charge is 2.40. The van der Waals surface area contributed by atoms with E-state index in [0.29, 0.717) is 0 Å². The Morgan fingerprint density at radius 3 is 1.72 bits per heavy atom. The standard InChI is InChI=1S/C58H42N2/c1-4-19-41(20-5-1)45-35-37-51-52-38-36-46(42-21-6-2-7-22-42)40-58(52)60(57(51)39-45)56-33-17-14-30-50(56)49-29-13-16-32-55(49)59(54-34-18-26-44-25-10-11-27-48(44)54)53-31-15-12-28-47(53)43-23-8-3-9-24-43/h1-40,51,57H. The van der Waals surface area contributed by atoms with Crippen molar-refractivity contribution in [3.05, 3.63) is 254 Å². The minimum Gasteiger partial charge on any atom is -0.333 e. The average Bonchev–Trinajstić information content (AvgIpc) is 3.65. The van der Waals surface area contributed by atoms with Crippen LogP contribution in [0.1, 0.15) is 17.0 Å². The molecule has 0 saturated heterocycles. The van der Waals surface area contributed by atoms with Crippen molar-refractivity contribution >= 4 is 44.8 Å². The Labute approximate surface area is 352 Å². The molecule has 0 N–H and O–H groups in total. The fourth-order valence-corrected chi connectivity index (χ4v) is 9.44. The molecule has 0 radical (unpaired) electrons. The molecule has 2 aliphatic rings. The average molecular weight is 767 g/mol. The van der Waals surface area contributed by atoms with Gasteiger partial charge in [-0.25, -0.2) is 0 Å². The summed E-state index contributed by atoms with van der Waals surface area (Å²) in [6, 6.07) is 81.7. The van der Waals surface area contributed by atoms with Crippen molar-refractivity contribution in [1.29, 1.82) is 0 Å². The van der Waals surface area contributed by atoms with E-state index >= 15 is 0 Å². The molecule has 9 aromatic carbocycles. The second kappa shape index (κ2) is 15.2. The molecular formula is C58H42N2. The molecule has 1 aliphatic heterocycles. The first-order chi connectivity index (χ1) is 29.8. The lowest BCUT2D eigenvalue weighted by Crippen LogP contribution is -2.29. The third kappa shape index (κ3) is 6.22. The minimum atomic E-state index is 0.0764. The first kappa shape index (κ1) is 35.5. The maximum Gasteiger partial charge on any atom is 0.0635 e. The van der Waals surface area contributed by atoms with Gasteiger partial charge in [0, 0.05) is 39.4 Å². The number of rotatable bonds is 8. The second-order valence-electron chi connectivity index (χ2n) is 15.6. The lowest BCUT2D eigenvalue weighted by molar-refractivity contribution is 0.747. The van der Waals surface area contributed by atoms with Gasteiger partial charge in [-0.3, -0.25) is 0 Å². The zero-order valence-corrected chi connectivity index (χ0v) is 33.1. The van der Waals surface area contributed by atoms with Crippen molar-refractivity contribution in [2.45, 2.75) is 12.0 Å². The Balaban J connectivity index is 1.14. The fourth-order valence-electron chi connectivity index (χ4n) is 9.44. The van der Waals surface area contributed by atoms with E-state index in [0.717, 1.165) is 22.6 Å². The summed E-state index contributed by atoms with van der Waals surface area (Å²) in [5.74, 6) is 0.200. The lowest BCUT2D eigenvalue weighted by atomic mass is 9.86. The number of hydrogen-bond acceptors (Lipinski definition) is 2. The predicted octanol–water partition coefficient (Wildman–Crippen LogP) is 15.6. The zero-order valence-electron chi connectivity index (χ0n) is 33.1. The van der Waals surface area contributed by atoms with E-state index in [1.165, 1.54) is 66.7 Å². The van der Waals surface area contributed by atoms with Crippen LogP contribution in [0.15, 0.2) is 243 Å². The summed E-state index contributed by atoms with van der Waals surface area (Å²) >= 11 is 0. The summed E-state index contributed by atoms with van der Waals surface area (Å²) in [4.78, 5) is 5.10. The van der Waals surface area contributed by atoms with E-state index in [9.17, 15) is 0 Å². The van der Waals surface area contributed by atoms with E-state index in [4.69, 9.17) is 0 Å². The Kier molecular flexibility index (Phi) is 9.02. The number of allylic oxidation sites excluding steroid dienone is 2. The molecule has 1 aliphatic carbocycles. The van der Waals surface area contributed by atoms with Gasteiger partial charge < -0.3 is 9.80 Å². The van der Waals surface area contributed by atoms with E-state index in [1.807, 2.05) is 0 Å². The highest BCUT2D eigenvalue weighted by atomic mass is 15.2. The quantitative estimate of drug-likeness (QED) is 0.152. The van der Waals surface area contributed by atoms with Crippen LogP contribution in [-0.4, -0.2) is 6.04 Å². The maximum absolute atomic E-state index is 2.62. The number of benzene rings is 9. The summed E-state index contributed by atoms with van der Waals surface area (Å²) < 4.78 is 0. The van der Waals surface area contributed by atoms with Crippen molar-refractivity contribution in [1.82, 2.24) is 0 Å². The molecule has 9 aromatic rings. The Morgan fingerprint density at radius 1 is 0.383 bits per heavy atom. The first-order valence-corrected chi connectivity index (χ1v) is 20.8. The Morgan fingerprint density at radius 2 is 0.950 bits per heavy atom. The molecule has 284 valence electrons. The topological polar surface area (TPSA) is 6.48 Å². The number of hydrogen-bond donors (Lipinski definition) is 0. The molecule has 2 unspecified atom stereocenters. The number of anilines is 5. The van der Waals surface area contributed by atoms with Gasteiger partial charge in [0.1, 0.15) is 0 Å². The van der Waals surface area contributed by atoms with E-state index < -0.39 is 0 Å². The smallest absolute Gasteiger partial charge is 0.0635 e. The van der Waals surface area contributed by atoms with Crippen LogP contribution in [0.2, 0.25) is 0 Å². The van der Waals surface area contributed by atoms with Gasteiger partial charge in [0.25, 0.3) is 0 Å². The van der Waals surface area contributed by atoms with Crippen molar-refractivity contribution in [2.75, 3.05) is 9.80 Å². The Hall–Kier alpha value is -7.68. The summed E-state index contributed by atoms with van der Waals surface area (Å²) in [6.07, 6.45) is 7.24. The third-order valence-electron chi connectivity index (χ3n) is 12.2. The number of para-hydroxylation sites is 3. The molecular weight excluding hydrogens is 725 g/mol. The molecule has 11 rings (SSSR count). The molecule has 0 spiro atoms. The molecule has 0 bridgehead atoms. The highest BCUT2D eigenvalue weighted by Crippen LogP contribution is 2.54. The largest absolute Gasteiger partial charge is 0.333 e. The predicted molar refractivity (Wildman–Crippen MR) is 254 cm³/mol. The maximum atomic E-state index is 2.62. The van der Waals surface area contributed by atoms with Gasteiger partial charge in [-0.2, -0.15) is 0 Å². The van der Waals surface area contributed by atoms with Crippen LogP contribution >= 0.6 is 0 Å². The van der Waals surface area contributed by atoms with Gasteiger partial charge in [0.05, 0.1) is 23.1 Å². The molecule has 0 aromatic heterocycles. The molecule has 60 heavy (non-hydrogen) atoms. The van der Waals surface area contributed by atoms with Crippen molar-refractivity contribution in [2.24, 2.45) is 0 Å². The molecule has 0 saturated carbocycles. The fraction of sp³-hybridized carbons (Fsp3) is 0.0345. The summed E-state index contributed by atoms with van der Waals surface area (Å²) in [6.45, 7) is 0. The van der Waals surface area contributed by atoms with E-state index in [1.54, 1.807) is 0 Å². The summed E-state index contributed by atoms with van der Waals surface area (Å²) in [5, 5.41) is 2.40. The molecule has 2 heteroatoms. The molecule has 2 atom stereocenters. The van der Waals surface area contributed by atoms with Crippen LogP contribution in [0, 0.1) is 0 Å². The van der Waals surface area contributed by atoms with Crippen LogP contribution < -0.4 is 9.80 Å². The van der Waals surface area contributed by atoms with Crippen LogP contribution in [0.3, 0.4) is 0 Å².